The lowest BCUT2D eigenvalue weighted by molar-refractivity contribution is -0.141. The molecule has 1 amide bonds. The van der Waals surface area contributed by atoms with Crippen molar-refractivity contribution >= 4 is 27.9 Å². The molecule has 0 spiro atoms. The van der Waals surface area contributed by atoms with Crippen LogP contribution in [0.1, 0.15) is 35.2 Å². The third-order valence-corrected chi connectivity index (χ3v) is 6.27. The van der Waals surface area contributed by atoms with Gasteiger partial charge in [0.1, 0.15) is 6.54 Å². The number of aryl methyl sites for hydroxylation is 1. The van der Waals surface area contributed by atoms with Crippen molar-refractivity contribution in [1.29, 1.82) is 0 Å². The normalized spacial score (nSPS) is 14.9. The van der Waals surface area contributed by atoms with Gasteiger partial charge in [-0.1, -0.05) is 12.5 Å². The molecule has 0 atom stereocenters. The molecule has 28 heavy (non-hydrogen) atoms. The molecule has 1 aliphatic rings. The Morgan fingerprint density at radius 2 is 1.82 bits per heavy atom. The molecule has 0 aromatic heterocycles. The number of rotatable bonds is 7. The lowest BCUT2D eigenvalue weighted by Gasteiger charge is -2.26. The Morgan fingerprint density at radius 3 is 2.46 bits per heavy atom. The van der Waals surface area contributed by atoms with Crippen LogP contribution in [0.15, 0.2) is 23.1 Å². The summed E-state index contributed by atoms with van der Waals surface area (Å²) < 4.78 is 36.3. The summed E-state index contributed by atoms with van der Waals surface area (Å²) in [4.78, 5) is 34.9. The summed E-state index contributed by atoms with van der Waals surface area (Å²) >= 11 is 0. The van der Waals surface area contributed by atoms with Gasteiger partial charge in [-0.05, 0) is 37.5 Å². The van der Waals surface area contributed by atoms with E-state index < -0.39 is 34.5 Å². The molecule has 10 heteroatoms. The number of amides is 1. The fourth-order valence-electron chi connectivity index (χ4n) is 2.74. The summed E-state index contributed by atoms with van der Waals surface area (Å²) in [6.45, 7) is 1.62. The molecule has 2 rings (SSSR count). The van der Waals surface area contributed by atoms with Crippen LogP contribution in [0.2, 0.25) is 0 Å². The molecular formula is C18H24N2O7S. The SMILES string of the molecule is COC(=O)CNC(=O)COC(=O)c1cc(S(=O)(=O)N2CCCCC2)ccc1C. The second-order valence-electron chi connectivity index (χ2n) is 6.37. The minimum Gasteiger partial charge on any atom is -0.468 e. The minimum atomic E-state index is -3.69. The van der Waals surface area contributed by atoms with E-state index in [1.54, 1.807) is 6.92 Å². The van der Waals surface area contributed by atoms with E-state index in [4.69, 9.17) is 4.74 Å². The van der Waals surface area contributed by atoms with Crippen molar-refractivity contribution in [3.05, 3.63) is 29.3 Å². The fraction of sp³-hybridized carbons (Fsp3) is 0.500. The van der Waals surface area contributed by atoms with Crippen LogP contribution in [0, 0.1) is 6.92 Å². The van der Waals surface area contributed by atoms with E-state index in [1.807, 2.05) is 0 Å². The summed E-state index contributed by atoms with van der Waals surface area (Å²) in [5.74, 6) is -2.12. The van der Waals surface area contributed by atoms with Crippen LogP contribution < -0.4 is 5.32 Å². The van der Waals surface area contributed by atoms with Crippen molar-refractivity contribution < 1.29 is 32.3 Å². The Kier molecular flexibility index (Phi) is 7.53. The molecule has 0 aliphatic carbocycles. The van der Waals surface area contributed by atoms with Crippen LogP contribution in [0.5, 0.6) is 0 Å². The smallest absolute Gasteiger partial charge is 0.338 e. The standard InChI is InChI=1S/C18H24N2O7S/c1-13-6-7-14(28(24,25)20-8-4-3-5-9-20)10-15(13)18(23)27-12-16(21)19-11-17(22)26-2/h6-7,10H,3-5,8-9,11-12H2,1-2H3,(H,19,21). The molecule has 1 N–H and O–H groups in total. The molecule has 0 unspecified atom stereocenters. The number of hydrogen-bond acceptors (Lipinski definition) is 7. The molecule has 0 bridgehead atoms. The molecule has 0 radical (unpaired) electrons. The largest absolute Gasteiger partial charge is 0.468 e. The maximum absolute atomic E-state index is 12.8. The first-order valence-electron chi connectivity index (χ1n) is 8.87. The molecule has 1 fully saturated rings. The fourth-order valence-corrected chi connectivity index (χ4v) is 4.28. The first kappa shape index (κ1) is 21.8. The molecule has 1 aliphatic heterocycles. The molecule has 154 valence electrons. The Bertz CT molecular complexity index is 845. The van der Waals surface area contributed by atoms with Crippen molar-refractivity contribution in [1.82, 2.24) is 9.62 Å². The van der Waals surface area contributed by atoms with Gasteiger partial charge < -0.3 is 14.8 Å². The molecule has 0 saturated carbocycles. The molecule has 1 aromatic rings. The van der Waals surface area contributed by atoms with E-state index in [9.17, 15) is 22.8 Å². The number of methoxy groups -OCH3 is 1. The number of carbonyl (C=O) groups is 3. The van der Waals surface area contributed by atoms with Crippen LogP contribution in [0.4, 0.5) is 0 Å². The van der Waals surface area contributed by atoms with E-state index in [1.165, 1.54) is 29.6 Å². The van der Waals surface area contributed by atoms with Crippen molar-refractivity contribution in [2.75, 3.05) is 33.4 Å². The van der Waals surface area contributed by atoms with Gasteiger partial charge in [0.25, 0.3) is 5.91 Å². The van der Waals surface area contributed by atoms with Gasteiger partial charge in [0.15, 0.2) is 6.61 Å². The third-order valence-electron chi connectivity index (χ3n) is 4.37. The molecular weight excluding hydrogens is 388 g/mol. The van der Waals surface area contributed by atoms with Crippen LogP contribution in [0.25, 0.3) is 0 Å². The zero-order chi connectivity index (χ0) is 20.7. The van der Waals surface area contributed by atoms with Crippen LogP contribution in [0.3, 0.4) is 0 Å². The van der Waals surface area contributed by atoms with E-state index in [2.05, 4.69) is 10.1 Å². The van der Waals surface area contributed by atoms with Crippen molar-refractivity contribution in [3.63, 3.8) is 0 Å². The maximum atomic E-state index is 12.8. The van der Waals surface area contributed by atoms with E-state index in [0.29, 0.717) is 18.7 Å². The summed E-state index contributed by atoms with van der Waals surface area (Å²) in [6.07, 6.45) is 2.61. The van der Waals surface area contributed by atoms with E-state index in [0.717, 1.165) is 19.3 Å². The summed E-state index contributed by atoms with van der Waals surface area (Å²) in [5.41, 5.74) is 0.594. The van der Waals surface area contributed by atoms with Gasteiger partial charge in [-0.3, -0.25) is 9.59 Å². The van der Waals surface area contributed by atoms with Gasteiger partial charge in [-0.2, -0.15) is 4.31 Å². The van der Waals surface area contributed by atoms with Crippen LogP contribution >= 0.6 is 0 Å². The quantitative estimate of drug-likeness (QED) is 0.652. The predicted octanol–water partition coefficient (Wildman–Crippen LogP) is 0.616. The maximum Gasteiger partial charge on any atom is 0.338 e. The lowest BCUT2D eigenvalue weighted by Crippen LogP contribution is -2.35. The molecule has 1 aromatic carbocycles. The number of benzene rings is 1. The number of hydrogen-bond donors (Lipinski definition) is 1. The van der Waals surface area contributed by atoms with Gasteiger partial charge >= 0.3 is 11.9 Å². The Hall–Kier alpha value is -2.46. The molecule has 1 heterocycles. The zero-order valence-corrected chi connectivity index (χ0v) is 16.7. The van der Waals surface area contributed by atoms with Gasteiger partial charge in [0.05, 0.1) is 17.6 Å². The Balaban J connectivity index is 2.06. The average Bonchev–Trinajstić information content (AvgIpc) is 2.70. The number of nitrogens with zero attached hydrogens (tertiary/aromatic N) is 1. The summed E-state index contributed by atoms with van der Waals surface area (Å²) in [5, 5.41) is 2.24. The zero-order valence-electron chi connectivity index (χ0n) is 15.9. The minimum absolute atomic E-state index is 0.0158. The topological polar surface area (TPSA) is 119 Å². The first-order valence-corrected chi connectivity index (χ1v) is 10.3. The summed E-state index contributed by atoms with van der Waals surface area (Å²) in [7, 11) is -2.51. The molecule has 9 nitrogen and oxygen atoms in total. The number of esters is 2. The first-order chi connectivity index (χ1) is 13.3. The number of sulfonamides is 1. The van der Waals surface area contributed by atoms with Gasteiger partial charge in [-0.25, -0.2) is 13.2 Å². The van der Waals surface area contributed by atoms with E-state index in [-0.39, 0.29) is 17.0 Å². The molecule has 1 saturated heterocycles. The highest BCUT2D eigenvalue weighted by Crippen LogP contribution is 2.23. The van der Waals surface area contributed by atoms with Gasteiger partial charge in [0.2, 0.25) is 10.0 Å². The second-order valence-corrected chi connectivity index (χ2v) is 8.31. The number of piperidine rings is 1. The second kappa shape index (κ2) is 9.65. The van der Waals surface area contributed by atoms with Gasteiger partial charge in [-0.15, -0.1) is 0 Å². The van der Waals surface area contributed by atoms with Crippen molar-refractivity contribution in [3.8, 4) is 0 Å². The highest BCUT2D eigenvalue weighted by Gasteiger charge is 2.27. The van der Waals surface area contributed by atoms with Crippen molar-refractivity contribution in [2.24, 2.45) is 0 Å². The monoisotopic (exact) mass is 412 g/mol. The Morgan fingerprint density at radius 1 is 1.14 bits per heavy atom. The highest BCUT2D eigenvalue weighted by molar-refractivity contribution is 7.89. The number of ether oxygens (including phenoxy) is 2. The van der Waals surface area contributed by atoms with Gasteiger partial charge in [0, 0.05) is 13.1 Å². The number of carbonyl (C=O) groups excluding carboxylic acids is 3. The highest BCUT2D eigenvalue weighted by atomic mass is 32.2. The van der Waals surface area contributed by atoms with E-state index >= 15 is 0 Å². The van der Waals surface area contributed by atoms with Crippen molar-refractivity contribution in [2.45, 2.75) is 31.1 Å². The van der Waals surface area contributed by atoms with Crippen LogP contribution in [-0.4, -0.2) is 63.9 Å². The third kappa shape index (κ3) is 5.52. The average molecular weight is 412 g/mol. The van der Waals surface area contributed by atoms with Crippen LogP contribution in [-0.2, 0) is 29.1 Å². The lowest BCUT2D eigenvalue weighted by atomic mass is 10.1. The predicted molar refractivity (Wildman–Crippen MR) is 99.1 cm³/mol. The Labute approximate surface area is 164 Å². The number of nitrogens with one attached hydrogen (secondary N) is 1. The summed E-state index contributed by atoms with van der Waals surface area (Å²) in [6, 6.07) is 4.26.